The van der Waals surface area contributed by atoms with Gasteiger partial charge in [0.05, 0.1) is 24.3 Å². The molecule has 0 saturated heterocycles. The number of aromatic nitrogens is 2. The number of nitrogens with one attached hydrogen (secondary N) is 1. The van der Waals surface area contributed by atoms with E-state index in [1.54, 1.807) is 6.07 Å². The van der Waals surface area contributed by atoms with Crippen LogP contribution in [-0.2, 0) is 20.9 Å². The number of para-hydroxylation sites is 1. The second kappa shape index (κ2) is 7.90. The quantitative estimate of drug-likeness (QED) is 0.813. The summed E-state index contributed by atoms with van der Waals surface area (Å²) in [6.07, 6.45) is 5.54. The number of rotatable bonds is 5. The number of hydrogen-bond donors (Lipinski definition) is 1. The highest BCUT2D eigenvalue weighted by Crippen LogP contribution is 2.29. The molecule has 0 atom stereocenters. The minimum absolute atomic E-state index is 0.0949. The molecular weight excluding hydrogens is 346 g/mol. The number of ether oxygens (including phenoxy) is 1. The first-order valence-corrected chi connectivity index (χ1v) is 9.31. The van der Waals surface area contributed by atoms with Gasteiger partial charge >= 0.3 is 5.97 Å². The SMILES string of the molecule is COC(=O)C1(NC(=O)CCn2cnc3c(C)cccc3c2=O)CCCCC1. The van der Waals surface area contributed by atoms with Crippen LogP contribution in [0.4, 0.5) is 0 Å². The summed E-state index contributed by atoms with van der Waals surface area (Å²) < 4.78 is 6.35. The first-order valence-electron chi connectivity index (χ1n) is 9.31. The molecule has 1 N–H and O–H groups in total. The number of fused-ring (bicyclic) bond motifs is 1. The molecule has 0 bridgehead atoms. The summed E-state index contributed by atoms with van der Waals surface area (Å²) in [6, 6.07) is 5.46. The summed E-state index contributed by atoms with van der Waals surface area (Å²) in [4.78, 5) is 41.7. The third-order valence-electron chi connectivity index (χ3n) is 5.30. The fraction of sp³-hybridized carbons (Fsp3) is 0.500. The van der Waals surface area contributed by atoms with Gasteiger partial charge in [-0.25, -0.2) is 9.78 Å². The number of methoxy groups -OCH3 is 1. The number of carbonyl (C=O) groups is 2. The average Bonchev–Trinajstić information content (AvgIpc) is 2.68. The van der Waals surface area contributed by atoms with Gasteiger partial charge in [0.2, 0.25) is 5.91 Å². The van der Waals surface area contributed by atoms with E-state index in [1.807, 2.05) is 19.1 Å². The third kappa shape index (κ3) is 3.86. The molecule has 0 unspecified atom stereocenters. The van der Waals surface area contributed by atoms with Gasteiger partial charge in [0.25, 0.3) is 5.56 Å². The van der Waals surface area contributed by atoms with Crippen LogP contribution in [0.1, 0.15) is 44.1 Å². The second-order valence-electron chi connectivity index (χ2n) is 7.15. The molecular formula is C20H25N3O4. The molecule has 7 nitrogen and oxygen atoms in total. The zero-order valence-electron chi connectivity index (χ0n) is 15.8. The Morgan fingerprint density at radius 3 is 2.70 bits per heavy atom. The van der Waals surface area contributed by atoms with Gasteiger partial charge in [0.1, 0.15) is 5.54 Å². The van der Waals surface area contributed by atoms with E-state index in [0.29, 0.717) is 23.7 Å². The van der Waals surface area contributed by atoms with Crippen molar-refractivity contribution in [3.05, 3.63) is 40.4 Å². The van der Waals surface area contributed by atoms with Crippen LogP contribution in [0.5, 0.6) is 0 Å². The van der Waals surface area contributed by atoms with Crippen molar-refractivity contribution in [3.8, 4) is 0 Å². The number of carbonyl (C=O) groups excluding carboxylic acids is 2. The topological polar surface area (TPSA) is 90.3 Å². The maximum Gasteiger partial charge on any atom is 0.331 e. The maximum atomic E-state index is 12.6. The lowest BCUT2D eigenvalue weighted by Gasteiger charge is -2.35. The lowest BCUT2D eigenvalue weighted by molar-refractivity contribution is -0.152. The number of esters is 1. The lowest BCUT2D eigenvalue weighted by Crippen LogP contribution is -2.56. The highest BCUT2D eigenvalue weighted by Gasteiger charge is 2.41. The number of hydrogen-bond acceptors (Lipinski definition) is 5. The molecule has 1 saturated carbocycles. The number of nitrogens with zero attached hydrogens (tertiary/aromatic N) is 2. The molecule has 1 aliphatic carbocycles. The van der Waals surface area contributed by atoms with Crippen molar-refractivity contribution < 1.29 is 14.3 Å². The van der Waals surface area contributed by atoms with Crippen molar-refractivity contribution in [1.29, 1.82) is 0 Å². The van der Waals surface area contributed by atoms with E-state index in [4.69, 9.17) is 4.74 Å². The molecule has 144 valence electrons. The fourth-order valence-corrected chi connectivity index (χ4v) is 3.78. The average molecular weight is 371 g/mol. The Balaban J connectivity index is 1.72. The fourth-order valence-electron chi connectivity index (χ4n) is 3.78. The zero-order chi connectivity index (χ0) is 19.4. The van der Waals surface area contributed by atoms with Gasteiger partial charge in [0, 0.05) is 13.0 Å². The van der Waals surface area contributed by atoms with E-state index in [1.165, 1.54) is 18.0 Å². The molecule has 1 fully saturated rings. The molecule has 1 aromatic carbocycles. The zero-order valence-corrected chi connectivity index (χ0v) is 15.8. The van der Waals surface area contributed by atoms with Crippen LogP contribution in [0, 0.1) is 6.92 Å². The summed E-state index contributed by atoms with van der Waals surface area (Å²) in [5, 5.41) is 3.41. The normalized spacial score (nSPS) is 16.1. The number of benzene rings is 1. The summed E-state index contributed by atoms with van der Waals surface area (Å²) in [6.45, 7) is 2.11. The summed E-state index contributed by atoms with van der Waals surface area (Å²) >= 11 is 0. The second-order valence-corrected chi connectivity index (χ2v) is 7.15. The molecule has 3 rings (SSSR count). The highest BCUT2D eigenvalue weighted by atomic mass is 16.5. The molecule has 1 aromatic heterocycles. The van der Waals surface area contributed by atoms with Crippen LogP contribution < -0.4 is 10.9 Å². The number of amides is 1. The Kier molecular flexibility index (Phi) is 5.58. The lowest BCUT2D eigenvalue weighted by atomic mass is 9.81. The predicted molar refractivity (Wildman–Crippen MR) is 101 cm³/mol. The molecule has 1 aliphatic rings. The van der Waals surface area contributed by atoms with Crippen LogP contribution in [0.25, 0.3) is 10.9 Å². The predicted octanol–water partition coefficient (Wildman–Crippen LogP) is 2.09. The van der Waals surface area contributed by atoms with Crippen molar-refractivity contribution in [1.82, 2.24) is 14.9 Å². The van der Waals surface area contributed by atoms with Gasteiger partial charge in [0.15, 0.2) is 0 Å². The summed E-state index contributed by atoms with van der Waals surface area (Å²) in [5.41, 5.74) is 0.507. The van der Waals surface area contributed by atoms with E-state index in [2.05, 4.69) is 10.3 Å². The molecule has 0 radical (unpaired) electrons. The number of aryl methyl sites for hydroxylation is 2. The van der Waals surface area contributed by atoms with E-state index in [9.17, 15) is 14.4 Å². The summed E-state index contributed by atoms with van der Waals surface area (Å²) in [5.74, 6) is -0.658. The van der Waals surface area contributed by atoms with Crippen molar-refractivity contribution in [3.63, 3.8) is 0 Å². The van der Waals surface area contributed by atoms with E-state index in [0.717, 1.165) is 24.8 Å². The van der Waals surface area contributed by atoms with Gasteiger partial charge in [-0.05, 0) is 31.4 Å². The van der Waals surface area contributed by atoms with Gasteiger partial charge in [-0.1, -0.05) is 31.4 Å². The Hall–Kier alpha value is -2.70. The van der Waals surface area contributed by atoms with Gasteiger partial charge in [-0.2, -0.15) is 0 Å². The van der Waals surface area contributed by atoms with Crippen molar-refractivity contribution in [2.24, 2.45) is 0 Å². The first-order chi connectivity index (χ1) is 13.0. The molecule has 0 spiro atoms. The third-order valence-corrected chi connectivity index (χ3v) is 5.30. The van der Waals surface area contributed by atoms with Gasteiger partial charge < -0.3 is 10.1 Å². The van der Waals surface area contributed by atoms with Gasteiger partial charge in [-0.15, -0.1) is 0 Å². The van der Waals surface area contributed by atoms with Crippen LogP contribution >= 0.6 is 0 Å². The van der Waals surface area contributed by atoms with Crippen molar-refractivity contribution in [2.45, 2.75) is 57.5 Å². The van der Waals surface area contributed by atoms with E-state index >= 15 is 0 Å². The van der Waals surface area contributed by atoms with Crippen LogP contribution in [-0.4, -0.2) is 34.1 Å². The standard InChI is InChI=1S/C20H25N3O4/c1-14-7-6-8-15-17(14)21-13-23(18(15)25)12-9-16(24)22-20(19(26)27-2)10-4-3-5-11-20/h6-8,13H,3-5,9-12H2,1-2H3,(H,22,24). The highest BCUT2D eigenvalue weighted by molar-refractivity contribution is 5.88. The van der Waals surface area contributed by atoms with Crippen LogP contribution in [0.15, 0.2) is 29.3 Å². The van der Waals surface area contributed by atoms with Crippen LogP contribution in [0.2, 0.25) is 0 Å². The summed E-state index contributed by atoms with van der Waals surface area (Å²) in [7, 11) is 1.34. The Morgan fingerprint density at radius 1 is 1.26 bits per heavy atom. The minimum Gasteiger partial charge on any atom is -0.467 e. The largest absolute Gasteiger partial charge is 0.467 e. The van der Waals surface area contributed by atoms with Crippen molar-refractivity contribution in [2.75, 3.05) is 7.11 Å². The maximum absolute atomic E-state index is 12.6. The minimum atomic E-state index is -0.937. The first kappa shape index (κ1) is 19.1. The van der Waals surface area contributed by atoms with Crippen LogP contribution in [0.3, 0.4) is 0 Å². The molecule has 2 aromatic rings. The Morgan fingerprint density at radius 2 is 2.00 bits per heavy atom. The van der Waals surface area contributed by atoms with Crippen molar-refractivity contribution >= 4 is 22.8 Å². The molecule has 27 heavy (non-hydrogen) atoms. The Bertz CT molecular complexity index is 913. The van der Waals surface area contributed by atoms with Gasteiger partial charge in [-0.3, -0.25) is 14.2 Å². The monoisotopic (exact) mass is 371 g/mol. The Labute approximate surface area is 157 Å². The molecule has 7 heteroatoms. The molecule has 1 heterocycles. The van der Waals surface area contributed by atoms with E-state index in [-0.39, 0.29) is 24.4 Å². The molecule has 0 aliphatic heterocycles. The van der Waals surface area contributed by atoms with E-state index < -0.39 is 11.5 Å². The molecule has 1 amide bonds. The smallest absolute Gasteiger partial charge is 0.331 e.